The van der Waals surface area contributed by atoms with Crippen molar-refractivity contribution in [1.29, 1.82) is 0 Å². The van der Waals surface area contributed by atoms with Crippen LogP contribution >= 0.6 is 11.8 Å². The van der Waals surface area contributed by atoms with E-state index >= 15 is 0 Å². The van der Waals surface area contributed by atoms with Crippen LogP contribution in [-0.4, -0.2) is 21.3 Å². The number of rotatable bonds is 5. The van der Waals surface area contributed by atoms with Gasteiger partial charge in [0.05, 0.1) is 5.75 Å². The maximum absolute atomic E-state index is 10.7. The molecular weight excluding hydrogens is 292 g/mol. The molecule has 6 nitrogen and oxygen atoms in total. The summed E-state index contributed by atoms with van der Waals surface area (Å²) < 4.78 is 10.7. The zero-order chi connectivity index (χ0) is 14.7. The van der Waals surface area contributed by atoms with Crippen molar-refractivity contribution in [3.8, 4) is 11.5 Å². The standard InChI is InChI=1S/C14H10N2O4S/c17-13(18)11-7-6-10(19-11)8-21-14-16-15-12(20-14)9-4-2-1-3-5-9/h1-7H,8H2,(H,17,18). The van der Waals surface area contributed by atoms with Crippen LogP contribution in [0.4, 0.5) is 0 Å². The van der Waals surface area contributed by atoms with E-state index in [0.29, 0.717) is 22.6 Å². The number of hydrogen-bond donors (Lipinski definition) is 1. The van der Waals surface area contributed by atoms with Crippen molar-refractivity contribution in [3.63, 3.8) is 0 Å². The van der Waals surface area contributed by atoms with Crippen molar-refractivity contribution < 1.29 is 18.7 Å². The summed E-state index contributed by atoms with van der Waals surface area (Å²) in [6, 6.07) is 12.5. The van der Waals surface area contributed by atoms with Crippen molar-refractivity contribution in [3.05, 3.63) is 54.0 Å². The smallest absolute Gasteiger partial charge is 0.371 e. The monoisotopic (exact) mass is 302 g/mol. The number of aromatic nitrogens is 2. The Balaban J connectivity index is 1.66. The van der Waals surface area contributed by atoms with Crippen molar-refractivity contribution in [2.24, 2.45) is 0 Å². The summed E-state index contributed by atoms with van der Waals surface area (Å²) in [7, 11) is 0. The Labute approximate surface area is 123 Å². The molecule has 0 atom stereocenters. The van der Waals surface area contributed by atoms with Crippen LogP contribution in [0.15, 0.2) is 56.5 Å². The van der Waals surface area contributed by atoms with E-state index in [1.54, 1.807) is 6.07 Å². The first kappa shape index (κ1) is 13.4. The Kier molecular flexibility index (Phi) is 3.74. The van der Waals surface area contributed by atoms with Crippen LogP contribution in [0.25, 0.3) is 11.5 Å². The van der Waals surface area contributed by atoms with E-state index in [1.165, 1.54) is 17.8 Å². The fraction of sp³-hybridized carbons (Fsp3) is 0.0714. The first-order valence-electron chi connectivity index (χ1n) is 6.06. The number of aromatic carboxylic acids is 1. The Morgan fingerprint density at radius 2 is 1.90 bits per heavy atom. The van der Waals surface area contributed by atoms with Gasteiger partial charge in [0.25, 0.3) is 5.22 Å². The van der Waals surface area contributed by atoms with Crippen LogP contribution < -0.4 is 0 Å². The quantitative estimate of drug-likeness (QED) is 0.723. The zero-order valence-corrected chi connectivity index (χ0v) is 11.5. The molecule has 1 aromatic carbocycles. The molecule has 0 aliphatic rings. The van der Waals surface area contributed by atoms with Gasteiger partial charge in [0.1, 0.15) is 5.76 Å². The van der Waals surface area contributed by atoms with Gasteiger partial charge in [-0.2, -0.15) is 0 Å². The van der Waals surface area contributed by atoms with Crippen LogP contribution in [0.1, 0.15) is 16.3 Å². The maximum Gasteiger partial charge on any atom is 0.371 e. The molecule has 21 heavy (non-hydrogen) atoms. The van der Waals surface area contributed by atoms with Crippen LogP contribution in [0.2, 0.25) is 0 Å². The van der Waals surface area contributed by atoms with Gasteiger partial charge in [0, 0.05) is 5.56 Å². The van der Waals surface area contributed by atoms with E-state index in [0.717, 1.165) is 5.56 Å². The lowest BCUT2D eigenvalue weighted by Crippen LogP contribution is -1.91. The van der Waals surface area contributed by atoms with Crippen LogP contribution in [0.5, 0.6) is 0 Å². The third-order valence-electron chi connectivity index (χ3n) is 2.64. The van der Waals surface area contributed by atoms with E-state index in [9.17, 15) is 4.79 Å². The number of thioether (sulfide) groups is 1. The summed E-state index contributed by atoms with van der Waals surface area (Å²) in [5.41, 5.74) is 0.850. The third kappa shape index (κ3) is 3.14. The first-order valence-corrected chi connectivity index (χ1v) is 7.04. The lowest BCUT2D eigenvalue weighted by molar-refractivity contribution is 0.0661. The molecule has 0 saturated carbocycles. The molecule has 2 aromatic heterocycles. The van der Waals surface area contributed by atoms with Gasteiger partial charge in [-0.15, -0.1) is 10.2 Å². The second kappa shape index (κ2) is 5.84. The van der Waals surface area contributed by atoms with Gasteiger partial charge in [0.15, 0.2) is 0 Å². The highest BCUT2D eigenvalue weighted by Gasteiger charge is 2.12. The molecule has 0 amide bonds. The SMILES string of the molecule is O=C(O)c1ccc(CSc2nnc(-c3ccccc3)o2)o1. The number of carboxylic acid groups (broad SMARTS) is 1. The number of carbonyl (C=O) groups is 1. The maximum atomic E-state index is 10.7. The second-order valence-corrected chi connectivity index (χ2v) is 5.03. The predicted molar refractivity (Wildman–Crippen MR) is 75.0 cm³/mol. The van der Waals surface area contributed by atoms with Gasteiger partial charge in [-0.05, 0) is 24.3 Å². The van der Waals surface area contributed by atoms with Crippen LogP contribution in [0, 0.1) is 0 Å². The molecule has 0 bridgehead atoms. The number of furan rings is 1. The van der Waals surface area contributed by atoms with Crippen molar-refractivity contribution >= 4 is 17.7 Å². The fourth-order valence-electron chi connectivity index (χ4n) is 1.67. The van der Waals surface area contributed by atoms with Crippen molar-refractivity contribution in [1.82, 2.24) is 10.2 Å². The predicted octanol–water partition coefficient (Wildman–Crippen LogP) is 3.32. The van der Waals surface area contributed by atoms with E-state index in [2.05, 4.69) is 10.2 Å². The number of carboxylic acids is 1. The molecule has 0 radical (unpaired) electrons. The molecule has 0 aliphatic carbocycles. The summed E-state index contributed by atoms with van der Waals surface area (Å²) in [4.78, 5) is 10.7. The number of benzene rings is 1. The Hall–Kier alpha value is -2.54. The van der Waals surface area contributed by atoms with Gasteiger partial charge in [-0.3, -0.25) is 0 Å². The Morgan fingerprint density at radius 1 is 1.10 bits per heavy atom. The average molecular weight is 302 g/mol. The summed E-state index contributed by atoms with van der Waals surface area (Å²) in [6.45, 7) is 0. The van der Waals surface area contributed by atoms with E-state index in [1.807, 2.05) is 30.3 Å². The third-order valence-corrected chi connectivity index (χ3v) is 3.48. The van der Waals surface area contributed by atoms with Gasteiger partial charge >= 0.3 is 5.97 Å². The molecule has 0 fully saturated rings. The van der Waals surface area contributed by atoms with Crippen molar-refractivity contribution in [2.75, 3.05) is 0 Å². The van der Waals surface area contributed by atoms with Gasteiger partial charge in [-0.25, -0.2) is 4.79 Å². The van der Waals surface area contributed by atoms with Crippen LogP contribution in [-0.2, 0) is 5.75 Å². The molecule has 0 saturated heterocycles. The van der Waals surface area contributed by atoms with E-state index in [4.69, 9.17) is 13.9 Å². The van der Waals surface area contributed by atoms with E-state index < -0.39 is 5.97 Å². The molecule has 7 heteroatoms. The molecule has 0 spiro atoms. The summed E-state index contributed by atoms with van der Waals surface area (Å²) in [6.07, 6.45) is 0. The molecule has 106 valence electrons. The largest absolute Gasteiger partial charge is 0.475 e. The highest BCUT2D eigenvalue weighted by atomic mass is 32.2. The Bertz CT molecular complexity index is 751. The topological polar surface area (TPSA) is 89.4 Å². The summed E-state index contributed by atoms with van der Waals surface area (Å²) in [5, 5.41) is 17.1. The molecule has 3 aromatic rings. The minimum atomic E-state index is -1.09. The normalized spacial score (nSPS) is 10.7. The summed E-state index contributed by atoms with van der Waals surface area (Å²) >= 11 is 1.29. The fourth-order valence-corrected chi connectivity index (χ4v) is 2.33. The molecular formula is C14H10N2O4S. The lowest BCUT2D eigenvalue weighted by Gasteiger charge is -1.93. The second-order valence-electron chi connectivity index (χ2n) is 4.10. The van der Waals surface area contributed by atoms with E-state index in [-0.39, 0.29) is 5.76 Å². The minimum Gasteiger partial charge on any atom is -0.475 e. The molecule has 3 rings (SSSR count). The molecule has 0 aliphatic heterocycles. The lowest BCUT2D eigenvalue weighted by atomic mass is 10.2. The highest BCUT2D eigenvalue weighted by Crippen LogP contribution is 2.26. The van der Waals surface area contributed by atoms with Crippen molar-refractivity contribution in [2.45, 2.75) is 11.0 Å². The summed E-state index contributed by atoms with van der Waals surface area (Å²) in [5.74, 6) is 0.237. The molecule has 2 heterocycles. The van der Waals surface area contributed by atoms with Gasteiger partial charge in [-0.1, -0.05) is 30.0 Å². The number of nitrogens with zero attached hydrogens (tertiary/aromatic N) is 2. The first-order chi connectivity index (χ1) is 10.2. The zero-order valence-electron chi connectivity index (χ0n) is 10.7. The minimum absolute atomic E-state index is 0.0823. The molecule has 1 N–H and O–H groups in total. The molecule has 0 unspecified atom stereocenters. The van der Waals surface area contributed by atoms with Crippen LogP contribution in [0.3, 0.4) is 0 Å². The number of hydrogen-bond acceptors (Lipinski definition) is 6. The Morgan fingerprint density at radius 3 is 2.62 bits per heavy atom. The highest BCUT2D eigenvalue weighted by molar-refractivity contribution is 7.98. The average Bonchev–Trinajstić information content (AvgIpc) is 3.15. The van der Waals surface area contributed by atoms with Gasteiger partial charge in [0.2, 0.25) is 11.7 Å². The van der Waals surface area contributed by atoms with Gasteiger partial charge < -0.3 is 13.9 Å².